The second-order valence-electron chi connectivity index (χ2n) is 5.33. The highest BCUT2D eigenvalue weighted by Crippen LogP contribution is 2.36. The standard InChI is InChI=1S/C13H25NOS/c1-3-11(2)9-12-13(15-7-6-14-12)5-4-8-16-10-13/h11-12,14H,3-10H2,1-2H3. The van der Waals surface area contributed by atoms with Gasteiger partial charge in [0, 0.05) is 18.3 Å². The van der Waals surface area contributed by atoms with Crippen LogP contribution in [0.4, 0.5) is 0 Å². The molecule has 2 fully saturated rings. The molecule has 2 aliphatic rings. The minimum absolute atomic E-state index is 0.157. The molecule has 0 radical (unpaired) electrons. The normalized spacial score (nSPS) is 37.5. The van der Waals surface area contributed by atoms with Crippen molar-refractivity contribution in [2.24, 2.45) is 5.92 Å². The van der Waals surface area contributed by atoms with E-state index in [0.717, 1.165) is 19.1 Å². The lowest BCUT2D eigenvalue weighted by molar-refractivity contribution is -0.0919. The van der Waals surface area contributed by atoms with E-state index in [1.807, 2.05) is 0 Å². The minimum Gasteiger partial charge on any atom is -0.371 e. The highest BCUT2D eigenvalue weighted by Gasteiger charge is 2.43. The van der Waals surface area contributed by atoms with Crippen LogP contribution in [0.25, 0.3) is 0 Å². The maximum atomic E-state index is 6.18. The first-order chi connectivity index (χ1) is 7.77. The fraction of sp³-hybridized carbons (Fsp3) is 1.00. The van der Waals surface area contributed by atoms with E-state index in [1.54, 1.807) is 0 Å². The van der Waals surface area contributed by atoms with Gasteiger partial charge in [-0.15, -0.1) is 0 Å². The molecule has 1 spiro atoms. The summed E-state index contributed by atoms with van der Waals surface area (Å²) < 4.78 is 6.18. The quantitative estimate of drug-likeness (QED) is 0.823. The molecule has 0 bridgehead atoms. The molecular formula is C13H25NOS. The van der Waals surface area contributed by atoms with Gasteiger partial charge in [-0.3, -0.25) is 0 Å². The van der Waals surface area contributed by atoms with Gasteiger partial charge in [0.05, 0.1) is 12.2 Å². The summed E-state index contributed by atoms with van der Waals surface area (Å²) in [6, 6.07) is 0.587. The van der Waals surface area contributed by atoms with E-state index >= 15 is 0 Å². The Morgan fingerprint density at radius 1 is 1.56 bits per heavy atom. The van der Waals surface area contributed by atoms with Crippen molar-refractivity contribution in [3.05, 3.63) is 0 Å². The van der Waals surface area contributed by atoms with Crippen molar-refractivity contribution >= 4 is 11.8 Å². The molecule has 3 unspecified atom stereocenters. The smallest absolute Gasteiger partial charge is 0.0925 e. The average Bonchev–Trinajstić information content (AvgIpc) is 2.33. The molecule has 0 aromatic heterocycles. The Kier molecular flexibility index (Phi) is 4.57. The number of hydrogen-bond acceptors (Lipinski definition) is 3. The summed E-state index contributed by atoms with van der Waals surface area (Å²) in [4.78, 5) is 0. The van der Waals surface area contributed by atoms with E-state index in [1.165, 1.54) is 37.2 Å². The van der Waals surface area contributed by atoms with Crippen molar-refractivity contribution in [3.63, 3.8) is 0 Å². The van der Waals surface area contributed by atoms with Crippen LogP contribution in [0.15, 0.2) is 0 Å². The first kappa shape index (κ1) is 12.7. The van der Waals surface area contributed by atoms with Crippen molar-refractivity contribution in [1.29, 1.82) is 0 Å². The Hall–Kier alpha value is 0.270. The lowest BCUT2D eigenvalue weighted by Crippen LogP contribution is -2.60. The molecule has 0 aromatic rings. The zero-order chi connectivity index (χ0) is 11.4. The SMILES string of the molecule is CCC(C)CC1NCCOC12CCCSC2. The molecule has 3 heteroatoms. The van der Waals surface area contributed by atoms with Gasteiger partial charge >= 0.3 is 0 Å². The van der Waals surface area contributed by atoms with E-state index in [0.29, 0.717) is 6.04 Å². The molecule has 0 aromatic carbocycles. The molecule has 3 atom stereocenters. The zero-order valence-electron chi connectivity index (χ0n) is 10.6. The molecule has 0 saturated carbocycles. The summed E-state index contributed by atoms with van der Waals surface area (Å²) in [5.74, 6) is 3.32. The topological polar surface area (TPSA) is 21.3 Å². The molecule has 2 saturated heterocycles. The van der Waals surface area contributed by atoms with Crippen molar-refractivity contribution in [3.8, 4) is 0 Å². The van der Waals surface area contributed by atoms with Gasteiger partial charge in [-0.05, 0) is 30.9 Å². The highest BCUT2D eigenvalue weighted by atomic mass is 32.2. The van der Waals surface area contributed by atoms with Crippen LogP contribution in [0.5, 0.6) is 0 Å². The lowest BCUT2D eigenvalue weighted by atomic mass is 9.83. The van der Waals surface area contributed by atoms with E-state index in [2.05, 4.69) is 30.9 Å². The zero-order valence-corrected chi connectivity index (χ0v) is 11.4. The second kappa shape index (κ2) is 5.74. The van der Waals surface area contributed by atoms with Crippen LogP contribution in [-0.4, -0.2) is 36.3 Å². The summed E-state index contributed by atoms with van der Waals surface area (Å²) in [6.45, 7) is 6.59. The largest absolute Gasteiger partial charge is 0.371 e. The third-order valence-corrected chi connectivity index (χ3v) is 5.36. The third kappa shape index (κ3) is 2.74. The molecular weight excluding hydrogens is 218 g/mol. The number of rotatable bonds is 3. The molecule has 2 heterocycles. The molecule has 0 aliphatic carbocycles. The van der Waals surface area contributed by atoms with Gasteiger partial charge in [0.15, 0.2) is 0 Å². The summed E-state index contributed by atoms with van der Waals surface area (Å²) in [5, 5.41) is 3.71. The van der Waals surface area contributed by atoms with Crippen LogP contribution >= 0.6 is 11.8 Å². The van der Waals surface area contributed by atoms with Gasteiger partial charge in [-0.1, -0.05) is 20.3 Å². The second-order valence-corrected chi connectivity index (χ2v) is 6.43. The van der Waals surface area contributed by atoms with Gasteiger partial charge in [0.1, 0.15) is 0 Å². The molecule has 94 valence electrons. The number of morpholine rings is 1. The molecule has 2 aliphatic heterocycles. The maximum Gasteiger partial charge on any atom is 0.0925 e. The first-order valence-electron chi connectivity index (χ1n) is 6.72. The van der Waals surface area contributed by atoms with Gasteiger partial charge in [0.2, 0.25) is 0 Å². The Morgan fingerprint density at radius 2 is 2.44 bits per heavy atom. The van der Waals surface area contributed by atoms with E-state index in [-0.39, 0.29) is 5.60 Å². The average molecular weight is 243 g/mol. The fourth-order valence-electron chi connectivity index (χ4n) is 2.82. The van der Waals surface area contributed by atoms with Crippen LogP contribution in [0.3, 0.4) is 0 Å². The van der Waals surface area contributed by atoms with Crippen molar-refractivity contribution < 1.29 is 4.74 Å². The van der Waals surface area contributed by atoms with E-state index in [9.17, 15) is 0 Å². The molecule has 0 amide bonds. The Morgan fingerprint density at radius 3 is 3.12 bits per heavy atom. The Bertz CT molecular complexity index is 208. The molecule has 2 nitrogen and oxygen atoms in total. The minimum atomic E-state index is 0.157. The van der Waals surface area contributed by atoms with Crippen molar-refractivity contribution in [1.82, 2.24) is 5.32 Å². The number of ether oxygens (including phenoxy) is 1. The molecule has 1 N–H and O–H groups in total. The van der Waals surface area contributed by atoms with Gasteiger partial charge in [-0.25, -0.2) is 0 Å². The van der Waals surface area contributed by atoms with Gasteiger partial charge in [-0.2, -0.15) is 11.8 Å². The summed E-state index contributed by atoms with van der Waals surface area (Å²) in [7, 11) is 0. The molecule has 16 heavy (non-hydrogen) atoms. The summed E-state index contributed by atoms with van der Waals surface area (Å²) in [5.41, 5.74) is 0.157. The van der Waals surface area contributed by atoms with Crippen LogP contribution in [-0.2, 0) is 4.74 Å². The summed E-state index contributed by atoms with van der Waals surface area (Å²) in [6.07, 6.45) is 5.13. The van der Waals surface area contributed by atoms with E-state index in [4.69, 9.17) is 4.74 Å². The number of nitrogens with one attached hydrogen (secondary N) is 1. The van der Waals surface area contributed by atoms with Crippen molar-refractivity contribution in [2.45, 2.75) is 51.2 Å². The Balaban J connectivity index is 2.00. The predicted octanol–water partition coefficient (Wildman–Crippen LogP) is 2.68. The van der Waals surface area contributed by atoms with Crippen LogP contribution < -0.4 is 5.32 Å². The fourth-order valence-corrected chi connectivity index (χ4v) is 4.09. The third-order valence-electron chi connectivity index (χ3n) is 4.09. The lowest BCUT2D eigenvalue weighted by Gasteiger charge is -2.47. The van der Waals surface area contributed by atoms with Crippen LogP contribution in [0.2, 0.25) is 0 Å². The molecule has 2 rings (SSSR count). The van der Waals surface area contributed by atoms with Crippen molar-refractivity contribution in [2.75, 3.05) is 24.7 Å². The maximum absolute atomic E-state index is 6.18. The Labute approximate surface area is 104 Å². The first-order valence-corrected chi connectivity index (χ1v) is 7.87. The van der Waals surface area contributed by atoms with Crippen LogP contribution in [0, 0.1) is 5.92 Å². The van der Waals surface area contributed by atoms with E-state index < -0.39 is 0 Å². The van der Waals surface area contributed by atoms with Gasteiger partial charge < -0.3 is 10.1 Å². The predicted molar refractivity (Wildman–Crippen MR) is 71.1 cm³/mol. The monoisotopic (exact) mass is 243 g/mol. The summed E-state index contributed by atoms with van der Waals surface area (Å²) >= 11 is 2.07. The van der Waals surface area contributed by atoms with Crippen LogP contribution in [0.1, 0.15) is 39.5 Å². The number of hydrogen-bond donors (Lipinski definition) is 1. The van der Waals surface area contributed by atoms with Gasteiger partial charge in [0.25, 0.3) is 0 Å². The number of thioether (sulfide) groups is 1. The highest BCUT2D eigenvalue weighted by molar-refractivity contribution is 7.99.